The third-order valence-corrected chi connectivity index (χ3v) is 3.33. The summed E-state index contributed by atoms with van der Waals surface area (Å²) < 4.78 is 0. The first-order chi connectivity index (χ1) is 8.54. The van der Waals surface area contributed by atoms with Gasteiger partial charge < -0.3 is 15.5 Å². The maximum Gasteiger partial charge on any atom is 0.107 e. The van der Waals surface area contributed by atoms with Crippen LogP contribution in [-0.4, -0.2) is 29.9 Å². The molecule has 0 spiro atoms. The molecule has 0 saturated heterocycles. The molecule has 2 atom stereocenters. The van der Waals surface area contributed by atoms with E-state index in [-0.39, 0.29) is 0 Å². The van der Waals surface area contributed by atoms with Crippen molar-refractivity contribution in [2.75, 3.05) is 13.6 Å². The first-order valence-electron chi connectivity index (χ1n) is 6.68. The van der Waals surface area contributed by atoms with Gasteiger partial charge >= 0.3 is 0 Å². The van der Waals surface area contributed by atoms with Crippen molar-refractivity contribution >= 4 is 0 Å². The van der Waals surface area contributed by atoms with Gasteiger partial charge in [-0.05, 0) is 43.5 Å². The van der Waals surface area contributed by atoms with Crippen molar-refractivity contribution in [1.82, 2.24) is 5.32 Å². The minimum atomic E-state index is -0.817. The van der Waals surface area contributed by atoms with E-state index in [4.69, 9.17) is 0 Å². The van der Waals surface area contributed by atoms with Crippen molar-refractivity contribution in [1.29, 1.82) is 0 Å². The molecule has 18 heavy (non-hydrogen) atoms. The fourth-order valence-electron chi connectivity index (χ4n) is 2.43. The lowest BCUT2D eigenvalue weighted by Gasteiger charge is -2.23. The summed E-state index contributed by atoms with van der Waals surface area (Å²) >= 11 is 0. The van der Waals surface area contributed by atoms with Gasteiger partial charge in [0.05, 0.1) is 6.10 Å². The zero-order valence-electron chi connectivity index (χ0n) is 11.8. The van der Waals surface area contributed by atoms with E-state index in [2.05, 4.69) is 38.2 Å². The third kappa shape index (κ3) is 3.31. The van der Waals surface area contributed by atoms with Crippen molar-refractivity contribution in [3.63, 3.8) is 0 Å². The predicted molar refractivity (Wildman–Crippen MR) is 74.8 cm³/mol. The number of aryl methyl sites for hydroxylation is 3. The number of benzene rings is 1. The van der Waals surface area contributed by atoms with Gasteiger partial charge in [-0.2, -0.15) is 0 Å². The predicted octanol–water partition coefficient (Wildman–Crippen LogP) is 1.73. The minimum absolute atomic E-state index is 0.390. The summed E-state index contributed by atoms with van der Waals surface area (Å²) in [5.41, 5.74) is 4.39. The molecule has 0 aliphatic heterocycles. The minimum Gasteiger partial charge on any atom is -0.389 e. The van der Waals surface area contributed by atoms with Crippen LogP contribution in [0.25, 0.3) is 0 Å². The number of hydrogen-bond donors (Lipinski definition) is 3. The summed E-state index contributed by atoms with van der Waals surface area (Å²) in [6.07, 6.45) is 0.150. The lowest BCUT2D eigenvalue weighted by molar-refractivity contribution is 0.0192. The van der Waals surface area contributed by atoms with Crippen LogP contribution < -0.4 is 5.32 Å². The second-order valence-electron chi connectivity index (χ2n) is 4.77. The normalized spacial score (nSPS) is 14.6. The molecule has 3 heteroatoms. The molecule has 0 saturated carbocycles. The first-order valence-corrected chi connectivity index (χ1v) is 6.68. The Labute approximate surface area is 110 Å². The van der Waals surface area contributed by atoms with Crippen LogP contribution in [0.15, 0.2) is 12.1 Å². The van der Waals surface area contributed by atoms with Gasteiger partial charge in [0.1, 0.15) is 6.10 Å². The van der Waals surface area contributed by atoms with Crippen LogP contribution in [0.4, 0.5) is 0 Å². The SMILES string of the molecule is CCc1cc(C)cc(CC)c1C(O)C(O)CNC. The highest BCUT2D eigenvalue weighted by Gasteiger charge is 2.22. The Hall–Kier alpha value is -0.900. The summed E-state index contributed by atoms with van der Waals surface area (Å²) in [6, 6.07) is 4.20. The van der Waals surface area contributed by atoms with Crippen molar-refractivity contribution in [3.8, 4) is 0 Å². The summed E-state index contributed by atoms with van der Waals surface area (Å²) in [5, 5.41) is 23.2. The summed E-state index contributed by atoms with van der Waals surface area (Å²) in [4.78, 5) is 0. The molecule has 2 unspecified atom stereocenters. The highest BCUT2D eigenvalue weighted by atomic mass is 16.3. The zero-order chi connectivity index (χ0) is 13.7. The zero-order valence-corrected chi connectivity index (χ0v) is 11.8. The topological polar surface area (TPSA) is 52.5 Å². The Bertz CT molecular complexity index is 365. The van der Waals surface area contributed by atoms with Gasteiger partial charge in [-0.3, -0.25) is 0 Å². The Morgan fingerprint density at radius 3 is 2.00 bits per heavy atom. The molecule has 0 aliphatic rings. The summed E-state index contributed by atoms with van der Waals surface area (Å²) in [7, 11) is 1.77. The maximum absolute atomic E-state index is 10.3. The lowest BCUT2D eigenvalue weighted by Crippen LogP contribution is -2.30. The second kappa shape index (κ2) is 6.88. The third-order valence-electron chi connectivity index (χ3n) is 3.33. The quantitative estimate of drug-likeness (QED) is 0.722. The first kappa shape index (κ1) is 15.2. The number of aliphatic hydroxyl groups excluding tert-OH is 2. The van der Waals surface area contributed by atoms with E-state index in [9.17, 15) is 10.2 Å². The van der Waals surface area contributed by atoms with E-state index in [1.165, 1.54) is 5.56 Å². The Morgan fingerprint density at radius 1 is 1.11 bits per heavy atom. The summed E-state index contributed by atoms with van der Waals surface area (Å²) in [6.45, 7) is 6.61. The van der Waals surface area contributed by atoms with E-state index in [0.717, 1.165) is 29.5 Å². The van der Waals surface area contributed by atoms with Crippen molar-refractivity contribution < 1.29 is 10.2 Å². The molecule has 0 heterocycles. The number of aliphatic hydroxyl groups is 2. The molecular formula is C15H25NO2. The Kier molecular flexibility index (Phi) is 5.79. The fourth-order valence-corrected chi connectivity index (χ4v) is 2.43. The van der Waals surface area contributed by atoms with Crippen LogP contribution in [0.5, 0.6) is 0 Å². The molecule has 0 amide bonds. The molecule has 0 radical (unpaired) electrons. The van der Waals surface area contributed by atoms with E-state index in [1.54, 1.807) is 7.05 Å². The molecule has 0 aliphatic carbocycles. The van der Waals surface area contributed by atoms with Gasteiger partial charge in [0.25, 0.3) is 0 Å². The standard InChI is InChI=1S/C15H25NO2/c1-5-11-7-10(3)8-12(6-2)14(11)15(18)13(17)9-16-4/h7-8,13,15-18H,5-6,9H2,1-4H3. The highest BCUT2D eigenvalue weighted by Crippen LogP contribution is 2.27. The summed E-state index contributed by atoms with van der Waals surface area (Å²) in [5.74, 6) is 0. The number of nitrogens with one attached hydrogen (secondary N) is 1. The van der Waals surface area contributed by atoms with Gasteiger partial charge in [-0.1, -0.05) is 31.5 Å². The molecule has 0 fully saturated rings. The van der Waals surface area contributed by atoms with Crippen LogP contribution in [0.1, 0.15) is 42.2 Å². The Balaban J connectivity index is 3.19. The van der Waals surface area contributed by atoms with Gasteiger partial charge in [0, 0.05) is 6.54 Å². The largest absolute Gasteiger partial charge is 0.389 e. The number of rotatable bonds is 6. The van der Waals surface area contributed by atoms with Crippen LogP contribution in [0, 0.1) is 6.92 Å². The average molecular weight is 251 g/mol. The van der Waals surface area contributed by atoms with Gasteiger partial charge in [0.15, 0.2) is 0 Å². The average Bonchev–Trinajstić information content (AvgIpc) is 2.36. The molecular weight excluding hydrogens is 226 g/mol. The second-order valence-corrected chi connectivity index (χ2v) is 4.77. The number of likely N-dealkylation sites (N-methyl/N-ethyl adjacent to an activating group) is 1. The van der Waals surface area contributed by atoms with E-state index in [1.807, 2.05) is 0 Å². The van der Waals surface area contributed by atoms with Crippen molar-refractivity contribution in [2.45, 2.75) is 45.8 Å². The smallest absolute Gasteiger partial charge is 0.107 e. The highest BCUT2D eigenvalue weighted by molar-refractivity contribution is 5.41. The van der Waals surface area contributed by atoms with Crippen LogP contribution >= 0.6 is 0 Å². The number of hydrogen-bond acceptors (Lipinski definition) is 3. The van der Waals surface area contributed by atoms with Gasteiger partial charge in [-0.15, -0.1) is 0 Å². The molecule has 3 N–H and O–H groups in total. The molecule has 1 aromatic carbocycles. The molecule has 3 nitrogen and oxygen atoms in total. The molecule has 0 bridgehead atoms. The molecule has 1 rings (SSSR count). The Morgan fingerprint density at radius 2 is 1.61 bits per heavy atom. The van der Waals surface area contributed by atoms with E-state index >= 15 is 0 Å². The van der Waals surface area contributed by atoms with E-state index < -0.39 is 12.2 Å². The van der Waals surface area contributed by atoms with Gasteiger partial charge in [0.2, 0.25) is 0 Å². The van der Waals surface area contributed by atoms with E-state index in [0.29, 0.717) is 6.54 Å². The van der Waals surface area contributed by atoms with Crippen molar-refractivity contribution in [2.24, 2.45) is 0 Å². The van der Waals surface area contributed by atoms with Crippen molar-refractivity contribution in [3.05, 3.63) is 34.4 Å². The molecule has 0 aromatic heterocycles. The molecule has 102 valence electrons. The van der Waals surface area contributed by atoms with Crippen LogP contribution in [0.2, 0.25) is 0 Å². The van der Waals surface area contributed by atoms with Crippen LogP contribution in [-0.2, 0) is 12.8 Å². The monoisotopic (exact) mass is 251 g/mol. The maximum atomic E-state index is 10.3. The lowest BCUT2D eigenvalue weighted by atomic mass is 9.89. The van der Waals surface area contributed by atoms with Gasteiger partial charge in [-0.25, -0.2) is 0 Å². The fraction of sp³-hybridized carbons (Fsp3) is 0.600. The van der Waals surface area contributed by atoms with Crippen LogP contribution in [0.3, 0.4) is 0 Å². The molecule has 1 aromatic rings.